The van der Waals surface area contributed by atoms with Crippen molar-refractivity contribution in [1.82, 2.24) is 5.32 Å². The Kier molecular flexibility index (Phi) is 4.96. The Labute approximate surface area is 98.5 Å². The highest BCUT2D eigenvalue weighted by Gasteiger charge is 2.27. The van der Waals surface area contributed by atoms with Gasteiger partial charge in [-0.05, 0) is 31.0 Å². The zero-order chi connectivity index (χ0) is 12.9. The lowest BCUT2D eigenvalue weighted by Gasteiger charge is -2.18. The van der Waals surface area contributed by atoms with E-state index in [0.29, 0.717) is 6.42 Å². The molecule has 0 fully saturated rings. The quantitative estimate of drug-likeness (QED) is 0.805. The Morgan fingerprint density at radius 3 is 2.41 bits per heavy atom. The molecule has 0 saturated heterocycles. The zero-order valence-electron chi connectivity index (χ0n) is 9.59. The van der Waals surface area contributed by atoms with Gasteiger partial charge in [0.05, 0.1) is 6.54 Å². The SMILES string of the molecule is CC(Cc1ccc(F)cc1)NCC(F)(F)CO. The molecular weight excluding hydrogens is 231 g/mol. The molecule has 5 heteroatoms. The van der Waals surface area contributed by atoms with Gasteiger partial charge in [0.1, 0.15) is 12.4 Å². The number of rotatable bonds is 6. The van der Waals surface area contributed by atoms with Crippen LogP contribution in [0.4, 0.5) is 13.2 Å². The van der Waals surface area contributed by atoms with E-state index >= 15 is 0 Å². The summed E-state index contributed by atoms with van der Waals surface area (Å²) in [6, 6.07) is 5.75. The van der Waals surface area contributed by atoms with Crippen LogP contribution in [0, 0.1) is 5.82 Å². The average molecular weight is 247 g/mol. The molecular formula is C12H16F3NO. The Hall–Kier alpha value is -1.07. The Morgan fingerprint density at radius 2 is 1.88 bits per heavy atom. The maximum Gasteiger partial charge on any atom is 0.282 e. The van der Waals surface area contributed by atoms with Gasteiger partial charge in [-0.15, -0.1) is 0 Å². The first-order valence-electron chi connectivity index (χ1n) is 5.39. The first-order valence-corrected chi connectivity index (χ1v) is 5.39. The molecule has 1 aromatic carbocycles. The Morgan fingerprint density at radius 1 is 1.29 bits per heavy atom. The second kappa shape index (κ2) is 6.02. The van der Waals surface area contributed by atoms with Crippen LogP contribution in [0.2, 0.25) is 0 Å². The van der Waals surface area contributed by atoms with Gasteiger partial charge in [0, 0.05) is 6.04 Å². The van der Waals surface area contributed by atoms with Crippen LogP contribution in [0.15, 0.2) is 24.3 Å². The van der Waals surface area contributed by atoms with Gasteiger partial charge in [-0.25, -0.2) is 13.2 Å². The van der Waals surface area contributed by atoms with Crippen molar-refractivity contribution in [3.8, 4) is 0 Å². The lowest BCUT2D eigenvalue weighted by atomic mass is 10.1. The molecule has 1 aromatic rings. The third kappa shape index (κ3) is 5.19. The van der Waals surface area contributed by atoms with Gasteiger partial charge < -0.3 is 10.4 Å². The van der Waals surface area contributed by atoms with Crippen molar-refractivity contribution in [3.63, 3.8) is 0 Å². The summed E-state index contributed by atoms with van der Waals surface area (Å²) in [5.74, 6) is -3.42. The fourth-order valence-corrected chi connectivity index (χ4v) is 1.43. The Bertz CT molecular complexity index is 340. The molecule has 0 saturated carbocycles. The molecule has 96 valence electrons. The smallest absolute Gasteiger partial charge is 0.282 e. The van der Waals surface area contributed by atoms with E-state index in [2.05, 4.69) is 5.32 Å². The summed E-state index contributed by atoms with van der Waals surface area (Å²) in [7, 11) is 0. The van der Waals surface area contributed by atoms with Crippen molar-refractivity contribution >= 4 is 0 Å². The van der Waals surface area contributed by atoms with Crippen LogP contribution in [0.5, 0.6) is 0 Å². The van der Waals surface area contributed by atoms with E-state index < -0.39 is 19.1 Å². The molecule has 0 spiro atoms. The number of hydrogen-bond donors (Lipinski definition) is 2. The number of aliphatic hydroxyl groups is 1. The fourth-order valence-electron chi connectivity index (χ4n) is 1.43. The topological polar surface area (TPSA) is 32.3 Å². The van der Waals surface area contributed by atoms with Crippen LogP contribution in [-0.4, -0.2) is 30.2 Å². The molecule has 0 heterocycles. The molecule has 2 nitrogen and oxygen atoms in total. The minimum atomic E-state index is -3.10. The summed E-state index contributed by atoms with van der Waals surface area (Å²) in [5.41, 5.74) is 0.874. The maximum absolute atomic E-state index is 12.7. The van der Waals surface area contributed by atoms with Crippen molar-refractivity contribution < 1.29 is 18.3 Å². The zero-order valence-corrected chi connectivity index (χ0v) is 9.59. The van der Waals surface area contributed by atoms with E-state index in [1.807, 2.05) is 0 Å². The Balaban J connectivity index is 2.39. The highest BCUT2D eigenvalue weighted by molar-refractivity contribution is 5.16. The maximum atomic E-state index is 12.7. The number of benzene rings is 1. The van der Waals surface area contributed by atoms with Crippen molar-refractivity contribution in [1.29, 1.82) is 0 Å². The molecule has 0 aliphatic carbocycles. The highest BCUT2D eigenvalue weighted by atomic mass is 19.3. The first kappa shape index (κ1) is 14.0. The number of hydrogen-bond acceptors (Lipinski definition) is 2. The van der Waals surface area contributed by atoms with Gasteiger partial charge in [-0.3, -0.25) is 0 Å². The van der Waals surface area contributed by atoms with Crippen LogP contribution in [-0.2, 0) is 6.42 Å². The predicted molar refractivity (Wildman–Crippen MR) is 59.6 cm³/mol. The van der Waals surface area contributed by atoms with Gasteiger partial charge >= 0.3 is 0 Å². The third-order valence-electron chi connectivity index (χ3n) is 2.40. The monoisotopic (exact) mass is 247 g/mol. The molecule has 1 atom stereocenters. The summed E-state index contributed by atoms with van der Waals surface area (Å²) < 4.78 is 38.1. The molecule has 0 aliphatic heterocycles. The van der Waals surface area contributed by atoms with Crippen molar-refractivity contribution in [2.45, 2.75) is 25.3 Å². The van der Waals surface area contributed by atoms with Crippen molar-refractivity contribution in [3.05, 3.63) is 35.6 Å². The predicted octanol–water partition coefficient (Wildman–Crippen LogP) is 1.97. The third-order valence-corrected chi connectivity index (χ3v) is 2.40. The molecule has 0 radical (unpaired) electrons. The molecule has 1 rings (SSSR count). The van der Waals surface area contributed by atoms with Crippen LogP contribution in [0.3, 0.4) is 0 Å². The van der Waals surface area contributed by atoms with E-state index in [9.17, 15) is 13.2 Å². The summed E-state index contributed by atoms with van der Waals surface area (Å²) in [6.45, 7) is 0.0337. The van der Waals surface area contributed by atoms with Crippen LogP contribution in [0.25, 0.3) is 0 Å². The summed E-state index contributed by atoms with van der Waals surface area (Å²) in [6.07, 6.45) is 0.530. The second-order valence-corrected chi connectivity index (χ2v) is 4.13. The van der Waals surface area contributed by atoms with Crippen LogP contribution in [0.1, 0.15) is 12.5 Å². The number of alkyl halides is 2. The van der Waals surface area contributed by atoms with Gasteiger partial charge in [-0.2, -0.15) is 0 Å². The van der Waals surface area contributed by atoms with Gasteiger partial charge in [0.2, 0.25) is 0 Å². The lowest BCUT2D eigenvalue weighted by molar-refractivity contribution is -0.0490. The molecule has 0 aliphatic rings. The minimum Gasteiger partial charge on any atom is -0.390 e. The van der Waals surface area contributed by atoms with E-state index in [1.165, 1.54) is 12.1 Å². The van der Waals surface area contributed by atoms with E-state index in [0.717, 1.165) is 5.56 Å². The largest absolute Gasteiger partial charge is 0.390 e. The number of aliphatic hydroxyl groups excluding tert-OH is 1. The van der Waals surface area contributed by atoms with Crippen LogP contribution >= 0.6 is 0 Å². The first-order chi connectivity index (χ1) is 7.93. The summed E-state index contributed by atoms with van der Waals surface area (Å²) in [5, 5.41) is 11.0. The number of nitrogens with one attached hydrogen (secondary N) is 1. The van der Waals surface area contributed by atoms with Gasteiger partial charge in [0.25, 0.3) is 5.92 Å². The summed E-state index contributed by atoms with van der Waals surface area (Å²) in [4.78, 5) is 0. The van der Waals surface area contributed by atoms with Crippen molar-refractivity contribution in [2.75, 3.05) is 13.2 Å². The molecule has 1 unspecified atom stereocenters. The van der Waals surface area contributed by atoms with Gasteiger partial charge in [0.15, 0.2) is 0 Å². The molecule has 2 N–H and O–H groups in total. The van der Waals surface area contributed by atoms with Gasteiger partial charge in [-0.1, -0.05) is 12.1 Å². The standard InChI is InChI=1S/C12H16F3NO/c1-9(16-7-12(14,15)8-17)6-10-2-4-11(13)5-3-10/h2-5,9,16-17H,6-8H2,1H3. The second-order valence-electron chi connectivity index (χ2n) is 4.13. The normalized spacial score (nSPS) is 13.7. The average Bonchev–Trinajstić information content (AvgIpc) is 2.30. The van der Waals surface area contributed by atoms with Crippen LogP contribution < -0.4 is 5.32 Å². The molecule has 0 amide bonds. The molecule has 17 heavy (non-hydrogen) atoms. The summed E-state index contributed by atoms with van der Waals surface area (Å²) >= 11 is 0. The minimum absolute atomic E-state index is 0.169. The lowest BCUT2D eigenvalue weighted by Crippen LogP contribution is -2.40. The van der Waals surface area contributed by atoms with E-state index in [-0.39, 0.29) is 11.9 Å². The van der Waals surface area contributed by atoms with Crippen molar-refractivity contribution in [2.24, 2.45) is 0 Å². The van der Waals surface area contributed by atoms with E-state index in [1.54, 1.807) is 19.1 Å². The molecule has 0 aromatic heterocycles. The number of halogens is 3. The highest BCUT2D eigenvalue weighted by Crippen LogP contribution is 2.11. The fraction of sp³-hybridized carbons (Fsp3) is 0.500. The molecule has 0 bridgehead atoms. The van der Waals surface area contributed by atoms with E-state index in [4.69, 9.17) is 5.11 Å².